The lowest BCUT2D eigenvalue weighted by Gasteiger charge is -2.14. The molecule has 3 N–H and O–H groups in total. The molecule has 0 aliphatic carbocycles. The summed E-state index contributed by atoms with van der Waals surface area (Å²) >= 11 is 6.58. The lowest BCUT2D eigenvalue weighted by Crippen LogP contribution is -2.34. The first-order valence-electron chi connectivity index (χ1n) is 7.91. The zero-order chi connectivity index (χ0) is 19.1. The number of aromatic hydroxyl groups is 1. The van der Waals surface area contributed by atoms with Crippen LogP contribution in [-0.2, 0) is 4.79 Å². The van der Waals surface area contributed by atoms with E-state index in [0.29, 0.717) is 16.6 Å². The van der Waals surface area contributed by atoms with Gasteiger partial charge in [0, 0.05) is 15.7 Å². The quantitative estimate of drug-likeness (QED) is 0.405. The molecule has 0 radical (unpaired) electrons. The number of benzene rings is 2. The van der Waals surface area contributed by atoms with Gasteiger partial charge in [-0.05, 0) is 66.2 Å². The van der Waals surface area contributed by atoms with Crippen LogP contribution in [0.5, 0.6) is 11.5 Å². The standard InChI is InChI=1S/C18H19Br2N3O3/c1-3-26-15-6-4-14(5-7-15)22-11(2)18(25)23-21-10-12-8-13(19)9-16(20)17(12)24/h4-11,22,24H,3H2,1-2H3,(H,23,25)/b21-10+. The average molecular weight is 485 g/mol. The van der Waals surface area contributed by atoms with E-state index < -0.39 is 6.04 Å². The first-order valence-corrected chi connectivity index (χ1v) is 9.49. The van der Waals surface area contributed by atoms with Crippen molar-refractivity contribution in [3.05, 3.63) is 50.9 Å². The van der Waals surface area contributed by atoms with Crippen LogP contribution in [0.15, 0.2) is 50.4 Å². The fraction of sp³-hybridized carbons (Fsp3) is 0.222. The van der Waals surface area contributed by atoms with Gasteiger partial charge in [0.25, 0.3) is 5.91 Å². The van der Waals surface area contributed by atoms with Crippen molar-refractivity contribution in [3.63, 3.8) is 0 Å². The first kappa shape index (κ1) is 20.3. The van der Waals surface area contributed by atoms with Crippen molar-refractivity contribution >= 4 is 49.7 Å². The number of hydrogen-bond donors (Lipinski definition) is 3. The molecule has 0 saturated carbocycles. The molecular formula is C18H19Br2N3O3. The molecule has 0 bridgehead atoms. The summed E-state index contributed by atoms with van der Waals surface area (Å²) in [6.07, 6.45) is 1.38. The smallest absolute Gasteiger partial charge is 0.262 e. The number of amides is 1. The Hall–Kier alpha value is -2.06. The number of halogens is 2. The van der Waals surface area contributed by atoms with E-state index in [4.69, 9.17) is 4.74 Å². The van der Waals surface area contributed by atoms with Gasteiger partial charge < -0.3 is 15.2 Å². The van der Waals surface area contributed by atoms with E-state index in [1.165, 1.54) is 6.21 Å². The van der Waals surface area contributed by atoms with Gasteiger partial charge in [-0.15, -0.1) is 0 Å². The largest absolute Gasteiger partial charge is 0.506 e. The molecule has 0 spiro atoms. The van der Waals surface area contributed by atoms with E-state index in [2.05, 4.69) is 47.7 Å². The molecular weight excluding hydrogens is 466 g/mol. The Morgan fingerprint density at radius 3 is 2.65 bits per heavy atom. The SMILES string of the molecule is CCOc1ccc(NC(C)C(=O)N/N=C/c2cc(Br)cc(Br)c2O)cc1. The van der Waals surface area contributed by atoms with Gasteiger partial charge in [-0.2, -0.15) is 5.10 Å². The van der Waals surface area contributed by atoms with Crippen LogP contribution >= 0.6 is 31.9 Å². The number of carbonyl (C=O) groups is 1. The summed E-state index contributed by atoms with van der Waals surface area (Å²) in [7, 11) is 0. The molecule has 1 amide bonds. The summed E-state index contributed by atoms with van der Waals surface area (Å²) < 4.78 is 6.69. The first-order chi connectivity index (χ1) is 12.4. The molecule has 138 valence electrons. The molecule has 2 aromatic carbocycles. The predicted molar refractivity (Wildman–Crippen MR) is 110 cm³/mol. The Labute approximate surface area is 168 Å². The molecule has 0 aliphatic rings. The van der Waals surface area contributed by atoms with E-state index in [1.54, 1.807) is 19.1 Å². The van der Waals surface area contributed by atoms with Gasteiger partial charge in [0.15, 0.2) is 0 Å². The second-order valence-electron chi connectivity index (χ2n) is 5.38. The van der Waals surface area contributed by atoms with Crippen LogP contribution in [0.1, 0.15) is 19.4 Å². The highest BCUT2D eigenvalue weighted by atomic mass is 79.9. The third-order valence-corrected chi connectivity index (χ3v) is 4.44. The van der Waals surface area contributed by atoms with E-state index in [1.807, 2.05) is 31.2 Å². The number of rotatable bonds is 7. The maximum Gasteiger partial charge on any atom is 0.262 e. The van der Waals surface area contributed by atoms with Crippen molar-refractivity contribution < 1.29 is 14.6 Å². The number of phenols is 1. The van der Waals surface area contributed by atoms with Crippen LogP contribution in [-0.4, -0.2) is 29.9 Å². The number of ether oxygens (including phenoxy) is 1. The number of anilines is 1. The van der Waals surface area contributed by atoms with Crippen molar-refractivity contribution in [2.75, 3.05) is 11.9 Å². The fourth-order valence-corrected chi connectivity index (χ4v) is 3.33. The summed E-state index contributed by atoms with van der Waals surface area (Å²) in [6.45, 7) is 4.26. The van der Waals surface area contributed by atoms with Gasteiger partial charge in [-0.25, -0.2) is 5.43 Å². The number of hydrogen-bond acceptors (Lipinski definition) is 5. The van der Waals surface area contributed by atoms with Crippen LogP contribution in [0, 0.1) is 0 Å². The van der Waals surface area contributed by atoms with Crippen LogP contribution in [0.2, 0.25) is 0 Å². The zero-order valence-corrected chi connectivity index (χ0v) is 17.5. The van der Waals surface area contributed by atoms with Crippen molar-refractivity contribution in [3.8, 4) is 11.5 Å². The van der Waals surface area contributed by atoms with Gasteiger partial charge in [-0.3, -0.25) is 4.79 Å². The third kappa shape index (κ3) is 5.74. The van der Waals surface area contributed by atoms with Gasteiger partial charge >= 0.3 is 0 Å². The molecule has 1 unspecified atom stereocenters. The second-order valence-corrected chi connectivity index (χ2v) is 7.15. The summed E-state index contributed by atoms with van der Waals surface area (Å²) in [5, 5.41) is 16.9. The van der Waals surface area contributed by atoms with Gasteiger partial charge in [0.05, 0.1) is 17.3 Å². The normalized spacial score (nSPS) is 12.0. The maximum atomic E-state index is 12.1. The third-order valence-electron chi connectivity index (χ3n) is 3.38. The zero-order valence-electron chi connectivity index (χ0n) is 14.3. The molecule has 0 aromatic heterocycles. The number of carbonyl (C=O) groups excluding carboxylic acids is 1. The fourth-order valence-electron chi connectivity index (χ4n) is 2.08. The summed E-state index contributed by atoms with van der Waals surface area (Å²) in [4.78, 5) is 12.1. The molecule has 2 aromatic rings. The van der Waals surface area contributed by atoms with E-state index in [0.717, 1.165) is 15.9 Å². The van der Waals surface area contributed by atoms with Crippen LogP contribution in [0.25, 0.3) is 0 Å². The van der Waals surface area contributed by atoms with Crippen LogP contribution in [0.4, 0.5) is 5.69 Å². The molecule has 0 fully saturated rings. The topological polar surface area (TPSA) is 83.0 Å². The Balaban J connectivity index is 1.92. The Kier molecular flexibility index (Phi) is 7.47. The highest BCUT2D eigenvalue weighted by Gasteiger charge is 2.12. The van der Waals surface area contributed by atoms with E-state index in [9.17, 15) is 9.90 Å². The Morgan fingerprint density at radius 2 is 2.00 bits per heavy atom. The summed E-state index contributed by atoms with van der Waals surface area (Å²) in [5.74, 6) is 0.523. The average Bonchev–Trinajstić information content (AvgIpc) is 2.60. The van der Waals surface area contributed by atoms with Gasteiger partial charge in [-0.1, -0.05) is 15.9 Å². The number of nitrogens with one attached hydrogen (secondary N) is 2. The molecule has 1 atom stereocenters. The number of nitrogens with zero attached hydrogens (tertiary/aromatic N) is 1. The minimum absolute atomic E-state index is 0.0479. The van der Waals surface area contributed by atoms with Crippen LogP contribution in [0.3, 0.4) is 0 Å². The minimum atomic E-state index is -0.493. The van der Waals surface area contributed by atoms with Crippen molar-refractivity contribution in [2.45, 2.75) is 19.9 Å². The minimum Gasteiger partial charge on any atom is -0.506 e. The number of phenolic OH excluding ortho intramolecular Hbond substituents is 1. The monoisotopic (exact) mass is 483 g/mol. The highest BCUT2D eigenvalue weighted by molar-refractivity contribution is 9.11. The molecule has 2 rings (SSSR count). The lowest BCUT2D eigenvalue weighted by molar-refractivity contribution is -0.121. The molecule has 0 heterocycles. The van der Waals surface area contributed by atoms with E-state index >= 15 is 0 Å². The number of hydrazone groups is 1. The molecule has 6 nitrogen and oxygen atoms in total. The second kappa shape index (κ2) is 9.59. The summed E-state index contributed by atoms with van der Waals surface area (Å²) in [5.41, 5.74) is 3.72. The van der Waals surface area contributed by atoms with Crippen LogP contribution < -0.4 is 15.5 Å². The maximum absolute atomic E-state index is 12.1. The van der Waals surface area contributed by atoms with Crippen molar-refractivity contribution in [1.82, 2.24) is 5.43 Å². The Bertz CT molecular complexity index is 795. The lowest BCUT2D eigenvalue weighted by atomic mass is 10.2. The molecule has 0 aliphatic heterocycles. The molecule has 0 saturated heterocycles. The van der Waals surface area contributed by atoms with Crippen molar-refractivity contribution in [1.29, 1.82) is 0 Å². The Morgan fingerprint density at radius 1 is 1.31 bits per heavy atom. The summed E-state index contributed by atoms with van der Waals surface area (Å²) in [6, 6.07) is 10.3. The van der Waals surface area contributed by atoms with Gasteiger partial charge in [0.2, 0.25) is 0 Å². The van der Waals surface area contributed by atoms with Crippen molar-refractivity contribution in [2.24, 2.45) is 5.10 Å². The van der Waals surface area contributed by atoms with Gasteiger partial charge in [0.1, 0.15) is 17.5 Å². The predicted octanol–water partition coefficient (Wildman–Crippen LogP) is 4.27. The molecule has 26 heavy (non-hydrogen) atoms. The molecule has 8 heteroatoms. The highest BCUT2D eigenvalue weighted by Crippen LogP contribution is 2.30. The van der Waals surface area contributed by atoms with E-state index in [-0.39, 0.29) is 11.7 Å².